The second-order valence-electron chi connectivity index (χ2n) is 6.18. The second kappa shape index (κ2) is 4.85. The van der Waals surface area contributed by atoms with Gasteiger partial charge in [0, 0.05) is 12.5 Å². The summed E-state index contributed by atoms with van der Waals surface area (Å²) in [4.78, 5) is 4.78. The van der Waals surface area contributed by atoms with E-state index in [0.717, 1.165) is 36.4 Å². The zero-order valence-electron chi connectivity index (χ0n) is 11.6. The first-order chi connectivity index (χ1) is 9.81. The lowest BCUT2D eigenvalue weighted by molar-refractivity contribution is 0.367. The average molecular weight is 273 g/mol. The molecule has 4 rings (SSSR count). The van der Waals surface area contributed by atoms with Gasteiger partial charge in [-0.15, -0.1) is 0 Å². The minimum absolute atomic E-state index is 0.162. The highest BCUT2D eigenvalue weighted by molar-refractivity contribution is 5.76. The number of nitrogens with one attached hydrogen (secondary N) is 1. The zero-order chi connectivity index (χ0) is 13.5. The molecule has 0 bridgehead atoms. The number of benzene rings is 1. The summed E-state index contributed by atoms with van der Waals surface area (Å²) in [7, 11) is 0. The maximum atomic E-state index is 13.5. The number of nitrogens with zero attached hydrogens (tertiary/aromatic N) is 2. The second-order valence-corrected chi connectivity index (χ2v) is 6.18. The summed E-state index contributed by atoms with van der Waals surface area (Å²) in [5.74, 6) is 1.66. The quantitative estimate of drug-likeness (QED) is 0.931. The Morgan fingerprint density at radius 2 is 2.20 bits per heavy atom. The predicted octanol–water partition coefficient (Wildman–Crippen LogP) is 3.05. The molecule has 1 saturated heterocycles. The van der Waals surface area contributed by atoms with Crippen molar-refractivity contribution in [2.24, 2.45) is 5.92 Å². The van der Waals surface area contributed by atoms with Crippen molar-refractivity contribution in [3.05, 3.63) is 29.8 Å². The van der Waals surface area contributed by atoms with Crippen molar-refractivity contribution < 1.29 is 4.39 Å². The van der Waals surface area contributed by atoms with Crippen molar-refractivity contribution in [3.63, 3.8) is 0 Å². The predicted molar refractivity (Wildman–Crippen MR) is 77.3 cm³/mol. The molecule has 1 aliphatic carbocycles. The van der Waals surface area contributed by atoms with Gasteiger partial charge in [-0.2, -0.15) is 0 Å². The first kappa shape index (κ1) is 12.3. The minimum atomic E-state index is -0.162. The standard InChI is InChI=1S/C16H20FN3/c17-12-3-6-14-15(9-12)20(13-4-5-13)16(19-14)8-11-2-1-7-18-10-11/h3,6,9,11,13,18H,1-2,4-5,7-8,10H2. The van der Waals surface area contributed by atoms with Crippen molar-refractivity contribution >= 4 is 11.0 Å². The smallest absolute Gasteiger partial charge is 0.125 e. The molecule has 2 aliphatic rings. The van der Waals surface area contributed by atoms with E-state index in [-0.39, 0.29) is 5.82 Å². The highest BCUT2D eigenvalue weighted by Gasteiger charge is 2.29. The van der Waals surface area contributed by atoms with Gasteiger partial charge in [0.25, 0.3) is 0 Å². The third-order valence-electron chi connectivity index (χ3n) is 4.51. The van der Waals surface area contributed by atoms with Gasteiger partial charge >= 0.3 is 0 Å². The van der Waals surface area contributed by atoms with E-state index in [2.05, 4.69) is 9.88 Å². The molecule has 0 amide bonds. The van der Waals surface area contributed by atoms with E-state index in [1.54, 1.807) is 6.07 Å². The van der Waals surface area contributed by atoms with Gasteiger partial charge in [0.1, 0.15) is 11.6 Å². The zero-order valence-corrected chi connectivity index (χ0v) is 11.6. The number of aromatic nitrogens is 2. The molecule has 2 heterocycles. The van der Waals surface area contributed by atoms with E-state index in [9.17, 15) is 4.39 Å². The lowest BCUT2D eigenvalue weighted by Crippen LogP contribution is -2.31. The van der Waals surface area contributed by atoms with Gasteiger partial charge in [0.05, 0.1) is 11.0 Å². The lowest BCUT2D eigenvalue weighted by Gasteiger charge is -2.22. The molecular formula is C16H20FN3. The first-order valence-electron chi connectivity index (χ1n) is 7.68. The number of rotatable bonds is 3. The number of halogens is 1. The van der Waals surface area contributed by atoms with Gasteiger partial charge in [-0.25, -0.2) is 9.37 Å². The molecule has 1 aliphatic heterocycles. The molecule has 0 spiro atoms. The van der Waals surface area contributed by atoms with Crippen molar-refractivity contribution in [1.82, 2.24) is 14.9 Å². The Balaban J connectivity index is 1.72. The van der Waals surface area contributed by atoms with Gasteiger partial charge in [0.2, 0.25) is 0 Å². The van der Waals surface area contributed by atoms with Crippen molar-refractivity contribution in [2.45, 2.75) is 38.1 Å². The van der Waals surface area contributed by atoms with Crippen LogP contribution < -0.4 is 5.32 Å². The summed E-state index contributed by atoms with van der Waals surface area (Å²) in [5.41, 5.74) is 1.92. The van der Waals surface area contributed by atoms with Crippen LogP contribution in [0.25, 0.3) is 11.0 Å². The molecule has 1 saturated carbocycles. The van der Waals surface area contributed by atoms with E-state index >= 15 is 0 Å². The van der Waals surface area contributed by atoms with E-state index in [1.165, 1.54) is 31.7 Å². The van der Waals surface area contributed by atoms with Crippen molar-refractivity contribution in [1.29, 1.82) is 0 Å². The van der Waals surface area contributed by atoms with E-state index < -0.39 is 0 Å². The van der Waals surface area contributed by atoms with Crippen LogP contribution in [0.1, 0.15) is 37.5 Å². The number of hydrogen-bond acceptors (Lipinski definition) is 2. The SMILES string of the molecule is Fc1ccc2nc(CC3CCCNC3)n(C3CC3)c2c1. The highest BCUT2D eigenvalue weighted by Crippen LogP contribution is 2.39. The monoisotopic (exact) mass is 273 g/mol. The highest BCUT2D eigenvalue weighted by atomic mass is 19.1. The molecule has 0 radical (unpaired) electrons. The Morgan fingerprint density at radius 1 is 1.30 bits per heavy atom. The fourth-order valence-corrected chi connectivity index (χ4v) is 3.36. The molecule has 106 valence electrons. The molecule has 1 aromatic heterocycles. The van der Waals surface area contributed by atoms with Gasteiger partial charge in [-0.1, -0.05) is 0 Å². The number of fused-ring (bicyclic) bond motifs is 1. The van der Waals surface area contributed by atoms with E-state index in [4.69, 9.17) is 4.98 Å². The molecular weight excluding hydrogens is 253 g/mol. The number of piperidine rings is 1. The summed E-state index contributed by atoms with van der Waals surface area (Å²) in [6.07, 6.45) is 5.95. The first-order valence-corrected chi connectivity index (χ1v) is 7.68. The molecule has 20 heavy (non-hydrogen) atoms. The van der Waals surface area contributed by atoms with Gasteiger partial charge < -0.3 is 9.88 Å². The summed E-state index contributed by atoms with van der Waals surface area (Å²) >= 11 is 0. The summed E-state index contributed by atoms with van der Waals surface area (Å²) < 4.78 is 15.8. The fraction of sp³-hybridized carbons (Fsp3) is 0.562. The Labute approximate surface area is 118 Å². The summed E-state index contributed by atoms with van der Waals surface area (Å²) in [5, 5.41) is 3.47. The van der Waals surface area contributed by atoms with Crippen LogP contribution in [0.15, 0.2) is 18.2 Å². The number of hydrogen-bond donors (Lipinski definition) is 1. The van der Waals surface area contributed by atoms with Crippen LogP contribution in [-0.4, -0.2) is 22.6 Å². The van der Waals surface area contributed by atoms with Crippen LogP contribution in [-0.2, 0) is 6.42 Å². The largest absolute Gasteiger partial charge is 0.325 e. The molecule has 2 fully saturated rings. The average Bonchev–Trinajstić information content (AvgIpc) is 3.23. The summed E-state index contributed by atoms with van der Waals surface area (Å²) in [6.45, 7) is 2.23. The molecule has 1 unspecified atom stereocenters. The summed E-state index contributed by atoms with van der Waals surface area (Å²) in [6, 6.07) is 5.52. The third-order valence-corrected chi connectivity index (χ3v) is 4.51. The molecule has 1 N–H and O–H groups in total. The maximum Gasteiger partial charge on any atom is 0.125 e. The minimum Gasteiger partial charge on any atom is -0.325 e. The van der Waals surface area contributed by atoms with E-state index in [0.29, 0.717) is 12.0 Å². The maximum absolute atomic E-state index is 13.5. The third kappa shape index (κ3) is 2.22. The lowest BCUT2D eigenvalue weighted by atomic mass is 9.96. The van der Waals surface area contributed by atoms with Crippen LogP contribution in [0, 0.1) is 11.7 Å². The fourth-order valence-electron chi connectivity index (χ4n) is 3.36. The van der Waals surface area contributed by atoms with Crippen LogP contribution in [0.4, 0.5) is 4.39 Å². The van der Waals surface area contributed by atoms with Gasteiger partial charge in [-0.05, 0) is 62.9 Å². The molecule has 2 aromatic rings. The Bertz CT molecular complexity index is 624. The van der Waals surface area contributed by atoms with Crippen molar-refractivity contribution in [3.8, 4) is 0 Å². The van der Waals surface area contributed by atoms with Crippen LogP contribution in [0.5, 0.6) is 0 Å². The Morgan fingerprint density at radius 3 is 2.95 bits per heavy atom. The van der Waals surface area contributed by atoms with Crippen LogP contribution in [0.3, 0.4) is 0 Å². The molecule has 1 aromatic carbocycles. The molecule has 1 atom stereocenters. The normalized spacial score (nSPS) is 23.4. The van der Waals surface area contributed by atoms with Crippen LogP contribution >= 0.6 is 0 Å². The van der Waals surface area contributed by atoms with Gasteiger partial charge in [-0.3, -0.25) is 0 Å². The Hall–Kier alpha value is -1.42. The molecule has 3 nitrogen and oxygen atoms in total. The van der Waals surface area contributed by atoms with Crippen LogP contribution in [0.2, 0.25) is 0 Å². The topological polar surface area (TPSA) is 29.9 Å². The molecule has 4 heteroatoms. The Kier molecular flexibility index (Phi) is 2.99. The number of imidazole rings is 1. The van der Waals surface area contributed by atoms with Gasteiger partial charge in [0.15, 0.2) is 0 Å². The van der Waals surface area contributed by atoms with E-state index in [1.807, 2.05) is 6.07 Å². The van der Waals surface area contributed by atoms with Crippen molar-refractivity contribution in [2.75, 3.05) is 13.1 Å².